The van der Waals surface area contributed by atoms with Gasteiger partial charge >= 0.3 is 5.63 Å². The standard InChI is InChI=1S/C20H19NO4/c1-2-4-14-10-19(22)25-18-11-16(7-8-17(14)18)24-12-13-5-3-6-15(9-13)20(21)23/h3,5-11H,2,4,12H2,1H3,(H2,21,23). The summed E-state index contributed by atoms with van der Waals surface area (Å²) in [6, 6.07) is 14.0. The van der Waals surface area contributed by atoms with Crippen molar-refractivity contribution in [3.8, 4) is 5.75 Å². The van der Waals surface area contributed by atoms with Crippen LogP contribution in [0.4, 0.5) is 0 Å². The van der Waals surface area contributed by atoms with Crippen molar-refractivity contribution in [1.82, 2.24) is 0 Å². The molecule has 2 N–H and O–H groups in total. The molecule has 0 radical (unpaired) electrons. The van der Waals surface area contributed by atoms with Gasteiger partial charge in [0, 0.05) is 23.1 Å². The summed E-state index contributed by atoms with van der Waals surface area (Å²) in [5.74, 6) is 0.117. The van der Waals surface area contributed by atoms with Crippen LogP contribution >= 0.6 is 0 Å². The molecule has 5 nitrogen and oxygen atoms in total. The molecule has 0 atom stereocenters. The van der Waals surface area contributed by atoms with Crippen molar-refractivity contribution in [3.63, 3.8) is 0 Å². The molecule has 0 bridgehead atoms. The van der Waals surface area contributed by atoms with Crippen molar-refractivity contribution < 1.29 is 13.9 Å². The molecular formula is C20H19NO4. The van der Waals surface area contributed by atoms with Crippen molar-refractivity contribution in [2.75, 3.05) is 0 Å². The molecule has 0 spiro atoms. The minimum atomic E-state index is -0.474. The molecule has 3 aromatic rings. The number of carbonyl (C=O) groups excluding carboxylic acids is 1. The van der Waals surface area contributed by atoms with E-state index in [9.17, 15) is 9.59 Å². The second-order valence-electron chi connectivity index (χ2n) is 5.85. The zero-order valence-corrected chi connectivity index (χ0v) is 14.0. The third kappa shape index (κ3) is 3.88. The molecule has 0 fully saturated rings. The minimum absolute atomic E-state index is 0.283. The monoisotopic (exact) mass is 337 g/mol. The van der Waals surface area contributed by atoms with Crippen LogP contribution < -0.4 is 16.1 Å². The zero-order valence-electron chi connectivity index (χ0n) is 14.0. The van der Waals surface area contributed by atoms with Gasteiger partial charge in [-0.1, -0.05) is 25.5 Å². The minimum Gasteiger partial charge on any atom is -0.489 e. The summed E-state index contributed by atoms with van der Waals surface area (Å²) in [6.45, 7) is 2.35. The smallest absolute Gasteiger partial charge is 0.336 e. The lowest BCUT2D eigenvalue weighted by Gasteiger charge is -2.09. The summed E-state index contributed by atoms with van der Waals surface area (Å²) in [7, 11) is 0. The number of carbonyl (C=O) groups is 1. The first kappa shape index (κ1) is 16.8. The maximum Gasteiger partial charge on any atom is 0.336 e. The summed E-state index contributed by atoms with van der Waals surface area (Å²) >= 11 is 0. The van der Waals surface area contributed by atoms with E-state index in [1.165, 1.54) is 0 Å². The van der Waals surface area contributed by atoms with Crippen molar-refractivity contribution in [3.05, 3.63) is 75.6 Å². The number of hydrogen-bond acceptors (Lipinski definition) is 4. The molecule has 0 aliphatic heterocycles. The molecule has 1 heterocycles. The third-order valence-corrected chi connectivity index (χ3v) is 3.94. The predicted molar refractivity (Wildman–Crippen MR) is 95.8 cm³/mol. The van der Waals surface area contributed by atoms with Gasteiger partial charge < -0.3 is 14.9 Å². The number of amides is 1. The van der Waals surface area contributed by atoms with E-state index < -0.39 is 5.91 Å². The van der Waals surface area contributed by atoms with Gasteiger partial charge in [-0.05, 0) is 41.8 Å². The fourth-order valence-electron chi connectivity index (χ4n) is 2.76. The highest BCUT2D eigenvalue weighted by Gasteiger charge is 2.07. The Labute approximate surface area is 145 Å². The molecule has 128 valence electrons. The van der Waals surface area contributed by atoms with Gasteiger partial charge in [0.1, 0.15) is 17.9 Å². The highest BCUT2D eigenvalue weighted by Crippen LogP contribution is 2.24. The molecule has 0 saturated carbocycles. The van der Waals surface area contributed by atoms with Crippen LogP contribution in [0.15, 0.2) is 57.7 Å². The summed E-state index contributed by atoms with van der Waals surface area (Å²) in [5, 5.41) is 0.921. The average Bonchev–Trinajstić information content (AvgIpc) is 2.60. The maximum absolute atomic E-state index is 11.7. The van der Waals surface area contributed by atoms with E-state index in [0.29, 0.717) is 16.9 Å². The van der Waals surface area contributed by atoms with Crippen LogP contribution in [0.25, 0.3) is 11.0 Å². The van der Waals surface area contributed by atoms with Crippen LogP contribution in [-0.4, -0.2) is 5.91 Å². The Balaban J connectivity index is 1.84. The first-order valence-corrected chi connectivity index (χ1v) is 8.15. The molecule has 0 saturated heterocycles. The molecule has 0 aliphatic carbocycles. The average molecular weight is 337 g/mol. The number of primary amides is 1. The Morgan fingerprint density at radius 3 is 2.76 bits per heavy atom. The molecule has 0 unspecified atom stereocenters. The largest absolute Gasteiger partial charge is 0.489 e. The van der Waals surface area contributed by atoms with Gasteiger partial charge in [-0.2, -0.15) is 0 Å². The second kappa shape index (κ2) is 7.21. The van der Waals surface area contributed by atoms with Gasteiger partial charge in [-0.15, -0.1) is 0 Å². The van der Waals surface area contributed by atoms with E-state index in [-0.39, 0.29) is 12.2 Å². The molecular weight excluding hydrogens is 318 g/mol. The van der Waals surface area contributed by atoms with Crippen LogP contribution in [0, 0.1) is 0 Å². The van der Waals surface area contributed by atoms with Crippen molar-refractivity contribution in [2.45, 2.75) is 26.4 Å². The first-order valence-electron chi connectivity index (χ1n) is 8.15. The summed E-state index contributed by atoms with van der Waals surface area (Å²) in [6.07, 6.45) is 1.77. The van der Waals surface area contributed by atoms with Crippen molar-refractivity contribution in [2.24, 2.45) is 5.73 Å². The molecule has 1 aromatic heterocycles. The predicted octanol–water partition coefficient (Wildman–Crippen LogP) is 3.42. The number of aryl methyl sites for hydroxylation is 1. The molecule has 5 heteroatoms. The summed E-state index contributed by atoms with van der Waals surface area (Å²) < 4.78 is 11.1. The van der Waals surface area contributed by atoms with Crippen LogP contribution in [0.1, 0.15) is 34.8 Å². The summed E-state index contributed by atoms with van der Waals surface area (Å²) in [4.78, 5) is 23.0. The second-order valence-corrected chi connectivity index (χ2v) is 5.85. The molecule has 1 amide bonds. The number of hydrogen-bond donors (Lipinski definition) is 1. The molecule has 25 heavy (non-hydrogen) atoms. The Hall–Kier alpha value is -3.08. The SMILES string of the molecule is CCCc1cc(=O)oc2cc(OCc3cccc(C(N)=O)c3)ccc12. The number of nitrogens with two attached hydrogens (primary N) is 1. The van der Waals surface area contributed by atoms with Gasteiger partial charge in [-0.25, -0.2) is 4.79 Å². The van der Waals surface area contributed by atoms with Gasteiger partial charge in [0.15, 0.2) is 0 Å². The van der Waals surface area contributed by atoms with E-state index in [1.807, 2.05) is 18.2 Å². The maximum atomic E-state index is 11.7. The Morgan fingerprint density at radius 1 is 1.16 bits per heavy atom. The lowest BCUT2D eigenvalue weighted by molar-refractivity contribution is 0.1000. The van der Waals surface area contributed by atoms with Crippen LogP contribution in [0.3, 0.4) is 0 Å². The van der Waals surface area contributed by atoms with E-state index in [2.05, 4.69) is 6.92 Å². The quantitative estimate of drug-likeness (QED) is 0.699. The fourth-order valence-corrected chi connectivity index (χ4v) is 2.76. The van der Waals surface area contributed by atoms with Crippen molar-refractivity contribution >= 4 is 16.9 Å². The third-order valence-electron chi connectivity index (χ3n) is 3.94. The molecule has 3 rings (SSSR count). The number of rotatable bonds is 6. The Kier molecular flexibility index (Phi) is 4.84. The normalized spacial score (nSPS) is 10.8. The van der Waals surface area contributed by atoms with Gasteiger partial charge in [0.2, 0.25) is 5.91 Å². The van der Waals surface area contributed by atoms with Gasteiger partial charge in [-0.3, -0.25) is 4.79 Å². The number of ether oxygens (including phenoxy) is 1. The highest BCUT2D eigenvalue weighted by atomic mass is 16.5. The highest BCUT2D eigenvalue weighted by molar-refractivity contribution is 5.92. The van der Waals surface area contributed by atoms with Crippen LogP contribution in [0.5, 0.6) is 5.75 Å². The van der Waals surface area contributed by atoms with E-state index >= 15 is 0 Å². The first-order chi connectivity index (χ1) is 12.1. The van der Waals surface area contributed by atoms with E-state index in [0.717, 1.165) is 29.4 Å². The van der Waals surface area contributed by atoms with E-state index in [4.69, 9.17) is 14.9 Å². The van der Waals surface area contributed by atoms with E-state index in [1.54, 1.807) is 30.3 Å². The zero-order chi connectivity index (χ0) is 17.8. The topological polar surface area (TPSA) is 82.5 Å². The van der Waals surface area contributed by atoms with Crippen molar-refractivity contribution in [1.29, 1.82) is 0 Å². The van der Waals surface area contributed by atoms with Gasteiger partial charge in [0.25, 0.3) is 0 Å². The van der Waals surface area contributed by atoms with Gasteiger partial charge in [0.05, 0.1) is 0 Å². The molecule has 0 aliphatic rings. The van der Waals surface area contributed by atoms with Crippen LogP contribution in [0.2, 0.25) is 0 Å². The fraction of sp³-hybridized carbons (Fsp3) is 0.200. The number of fused-ring (bicyclic) bond motifs is 1. The Bertz CT molecular complexity index is 975. The lowest BCUT2D eigenvalue weighted by atomic mass is 10.1. The Morgan fingerprint density at radius 2 is 2.00 bits per heavy atom. The van der Waals surface area contributed by atoms with Crippen LogP contribution in [-0.2, 0) is 13.0 Å². The lowest BCUT2D eigenvalue weighted by Crippen LogP contribution is -2.11. The number of benzene rings is 2. The molecule has 2 aromatic carbocycles. The summed E-state index contributed by atoms with van der Waals surface area (Å²) in [5.41, 5.74) is 7.69.